The highest BCUT2D eigenvalue weighted by atomic mass is 16.5. The Morgan fingerprint density at radius 1 is 0.966 bits per heavy atom. The second kappa shape index (κ2) is 10.4. The van der Waals surface area contributed by atoms with Gasteiger partial charge in [-0.2, -0.15) is 0 Å². The molecule has 2 N–H and O–H groups in total. The van der Waals surface area contributed by atoms with E-state index in [2.05, 4.69) is 10.6 Å². The largest absolute Gasteiger partial charge is 0.457 e. The van der Waals surface area contributed by atoms with Crippen LogP contribution in [0.3, 0.4) is 0 Å². The molecule has 29 heavy (non-hydrogen) atoms. The van der Waals surface area contributed by atoms with Crippen molar-refractivity contribution < 1.29 is 19.1 Å². The van der Waals surface area contributed by atoms with Crippen molar-refractivity contribution in [2.75, 3.05) is 11.9 Å². The maximum absolute atomic E-state index is 12.2. The fourth-order valence-electron chi connectivity index (χ4n) is 2.47. The molecule has 2 aromatic carbocycles. The van der Waals surface area contributed by atoms with Crippen LogP contribution in [0.4, 0.5) is 5.69 Å². The van der Waals surface area contributed by atoms with Gasteiger partial charge in [-0.05, 0) is 30.2 Å². The van der Waals surface area contributed by atoms with Gasteiger partial charge in [0.05, 0.1) is 5.56 Å². The number of rotatable bonds is 8. The van der Waals surface area contributed by atoms with Gasteiger partial charge in [-0.3, -0.25) is 9.59 Å². The molecule has 0 saturated heterocycles. The topological polar surface area (TPSA) is 84.5 Å². The van der Waals surface area contributed by atoms with E-state index in [1.807, 2.05) is 51.1 Å². The van der Waals surface area contributed by atoms with E-state index in [9.17, 15) is 14.4 Å². The van der Waals surface area contributed by atoms with Crippen LogP contribution in [0.1, 0.15) is 49.5 Å². The van der Waals surface area contributed by atoms with Crippen LogP contribution in [0.2, 0.25) is 0 Å². The SMILES string of the molecule is CC(C)(C)C(=O)NCCCC(=O)Nc1cccc(C(=O)OCc2ccccc2)c1. The van der Waals surface area contributed by atoms with Gasteiger partial charge in [-0.1, -0.05) is 57.2 Å². The highest BCUT2D eigenvalue weighted by Gasteiger charge is 2.20. The minimum absolute atomic E-state index is 0.0420. The van der Waals surface area contributed by atoms with Gasteiger partial charge in [0.2, 0.25) is 11.8 Å². The predicted molar refractivity (Wildman–Crippen MR) is 112 cm³/mol. The number of esters is 1. The summed E-state index contributed by atoms with van der Waals surface area (Å²) in [5.74, 6) is -0.667. The van der Waals surface area contributed by atoms with E-state index in [4.69, 9.17) is 4.74 Å². The van der Waals surface area contributed by atoms with E-state index >= 15 is 0 Å². The summed E-state index contributed by atoms with van der Waals surface area (Å²) in [5.41, 5.74) is 1.36. The Morgan fingerprint density at radius 2 is 1.69 bits per heavy atom. The van der Waals surface area contributed by atoms with E-state index in [0.717, 1.165) is 5.56 Å². The van der Waals surface area contributed by atoms with E-state index < -0.39 is 11.4 Å². The summed E-state index contributed by atoms with van der Waals surface area (Å²) in [4.78, 5) is 36.1. The van der Waals surface area contributed by atoms with Crippen molar-refractivity contribution in [2.45, 2.75) is 40.2 Å². The second-order valence-corrected chi connectivity index (χ2v) is 7.80. The molecule has 0 spiro atoms. The van der Waals surface area contributed by atoms with Crippen LogP contribution in [0.5, 0.6) is 0 Å². The highest BCUT2D eigenvalue weighted by Crippen LogP contribution is 2.14. The monoisotopic (exact) mass is 396 g/mol. The van der Waals surface area contributed by atoms with Crippen molar-refractivity contribution in [3.63, 3.8) is 0 Å². The Morgan fingerprint density at radius 3 is 2.38 bits per heavy atom. The average Bonchev–Trinajstić information content (AvgIpc) is 2.69. The second-order valence-electron chi connectivity index (χ2n) is 7.80. The molecule has 6 heteroatoms. The number of carbonyl (C=O) groups excluding carboxylic acids is 3. The lowest BCUT2D eigenvalue weighted by molar-refractivity contribution is -0.128. The van der Waals surface area contributed by atoms with Gasteiger partial charge in [0.15, 0.2) is 0 Å². The zero-order valence-electron chi connectivity index (χ0n) is 17.2. The highest BCUT2D eigenvalue weighted by molar-refractivity contribution is 5.94. The third-order valence-corrected chi connectivity index (χ3v) is 4.14. The minimum atomic E-state index is -0.449. The van der Waals surface area contributed by atoms with Crippen LogP contribution in [0.25, 0.3) is 0 Å². The Balaban J connectivity index is 1.79. The van der Waals surface area contributed by atoms with Gasteiger partial charge in [0.25, 0.3) is 0 Å². The van der Waals surface area contributed by atoms with Crippen LogP contribution >= 0.6 is 0 Å². The molecule has 0 radical (unpaired) electrons. The molecule has 0 aromatic heterocycles. The Bertz CT molecular complexity index is 841. The zero-order valence-corrected chi connectivity index (χ0v) is 17.2. The first-order valence-electron chi connectivity index (χ1n) is 9.65. The molecule has 0 aliphatic carbocycles. The summed E-state index contributed by atoms with van der Waals surface area (Å²) >= 11 is 0. The third-order valence-electron chi connectivity index (χ3n) is 4.14. The molecule has 2 rings (SSSR count). The summed E-state index contributed by atoms with van der Waals surface area (Å²) in [7, 11) is 0. The molecule has 0 atom stereocenters. The first-order valence-corrected chi connectivity index (χ1v) is 9.65. The number of nitrogens with one attached hydrogen (secondary N) is 2. The molecular formula is C23H28N2O4. The Hall–Kier alpha value is -3.15. The van der Waals surface area contributed by atoms with E-state index in [1.165, 1.54) is 0 Å². The smallest absolute Gasteiger partial charge is 0.338 e. The predicted octanol–water partition coefficient (Wildman–Crippen LogP) is 3.92. The molecule has 0 bridgehead atoms. The average molecular weight is 396 g/mol. The quantitative estimate of drug-likeness (QED) is 0.523. The molecule has 0 aliphatic rings. The lowest BCUT2D eigenvalue weighted by Crippen LogP contribution is -2.35. The maximum Gasteiger partial charge on any atom is 0.338 e. The number of hydrogen-bond acceptors (Lipinski definition) is 4. The van der Waals surface area contributed by atoms with Crippen LogP contribution in [0.15, 0.2) is 54.6 Å². The van der Waals surface area contributed by atoms with Crippen molar-refractivity contribution in [3.8, 4) is 0 Å². The van der Waals surface area contributed by atoms with Crippen molar-refractivity contribution >= 4 is 23.5 Å². The summed E-state index contributed by atoms with van der Waals surface area (Å²) < 4.78 is 5.31. The molecule has 154 valence electrons. The first kappa shape index (κ1) is 22.1. The van der Waals surface area contributed by atoms with Gasteiger partial charge in [0.1, 0.15) is 6.61 Å². The molecule has 0 heterocycles. The fraction of sp³-hybridized carbons (Fsp3) is 0.348. The fourth-order valence-corrected chi connectivity index (χ4v) is 2.47. The molecule has 2 amide bonds. The number of carbonyl (C=O) groups is 3. The van der Waals surface area contributed by atoms with Gasteiger partial charge in [0, 0.05) is 24.1 Å². The molecule has 6 nitrogen and oxygen atoms in total. The molecule has 0 saturated carbocycles. The number of benzene rings is 2. The maximum atomic E-state index is 12.2. The van der Waals surface area contributed by atoms with E-state index in [-0.39, 0.29) is 24.8 Å². The van der Waals surface area contributed by atoms with Crippen molar-refractivity contribution in [2.24, 2.45) is 5.41 Å². The van der Waals surface area contributed by atoms with Crippen LogP contribution in [-0.4, -0.2) is 24.3 Å². The Labute approximate surface area is 171 Å². The minimum Gasteiger partial charge on any atom is -0.457 e. The first-order chi connectivity index (χ1) is 13.8. The van der Waals surface area contributed by atoms with E-state index in [1.54, 1.807) is 24.3 Å². The lowest BCUT2D eigenvalue weighted by atomic mass is 9.96. The molecule has 0 fully saturated rings. The van der Waals surface area contributed by atoms with Crippen LogP contribution in [-0.2, 0) is 20.9 Å². The van der Waals surface area contributed by atoms with Crippen LogP contribution < -0.4 is 10.6 Å². The normalized spacial score (nSPS) is 10.9. The number of amides is 2. The lowest BCUT2D eigenvalue weighted by Gasteiger charge is -2.17. The summed E-state index contributed by atoms with van der Waals surface area (Å²) in [6.07, 6.45) is 0.805. The summed E-state index contributed by atoms with van der Waals surface area (Å²) in [5, 5.41) is 5.58. The van der Waals surface area contributed by atoms with Gasteiger partial charge < -0.3 is 15.4 Å². The zero-order chi connectivity index (χ0) is 21.3. The number of ether oxygens (including phenoxy) is 1. The van der Waals surface area contributed by atoms with Crippen molar-refractivity contribution in [1.82, 2.24) is 5.32 Å². The standard InChI is InChI=1S/C23H28N2O4/c1-23(2,3)22(28)24-14-8-13-20(26)25-19-12-7-11-18(15-19)21(27)29-16-17-9-5-4-6-10-17/h4-7,9-12,15H,8,13-14,16H2,1-3H3,(H,24,28)(H,25,26). The van der Waals surface area contributed by atoms with Gasteiger partial charge in [-0.25, -0.2) is 4.79 Å². The molecule has 0 aliphatic heterocycles. The van der Waals surface area contributed by atoms with Crippen LogP contribution in [0, 0.1) is 5.41 Å². The molecular weight excluding hydrogens is 368 g/mol. The molecule has 0 unspecified atom stereocenters. The molecule has 2 aromatic rings. The van der Waals surface area contributed by atoms with Crippen molar-refractivity contribution in [1.29, 1.82) is 0 Å². The van der Waals surface area contributed by atoms with Crippen molar-refractivity contribution in [3.05, 3.63) is 65.7 Å². The number of hydrogen-bond donors (Lipinski definition) is 2. The van der Waals surface area contributed by atoms with Gasteiger partial charge in [-0.15, -0.1) is 0 Å². The van der Waals surface area contributed by atoms with E-state index in [0.29, 0.717) is 24.2 Å². The third kappa shape index (κ3) is 7.78. The summed E-state index contributed by atoms with van der Waals surface area (Å²) in [6, 6.07) is 16.1. The summed E-state index contributed by atoms with van der Waals surface area (Å²) in [6.45, 7) is 6.15. The Kier molecular flexibility index (Phi) is 7.95. The van der Waals surface area contributed by atoms with Gasteiger partial charge >= 0.3 is 5.97 Å². The number of anilines is 1.